The summed E-state index contributed by atoms with van der Waals surface area (Å²) in [4.78, 5) is -0.508. The number of nitrogens with zero attached hydrogens (tertiary/aromatic N) is 1. The van der Waals surface area contributed by atoms with Crippen LogP contribution in [0.5, 0.6) is 0 Å². The lowest BCUT2D eigenvalue weighted by Crippen LogP contribution is -2.14. The third-order valence-electron chi connectivity index (χ3n) is 4.25. The monoisotopic (exact) mass is 416 g/mol. The summed E-state index contributed by atoms with van der Waals surface area (Å²) in [6.45, 7) is 0. The molecule has 4 N–H and O–H groups in total. The molecule has 0 saturated carbocycles. The fourth-order valence-corrected chi connectivity index (χ4v) is 4.24. The Labute approximate surface area is 165 Å². The Kier molecular flexibility index (Phi) is 4.44. The summed E-state index contributed by atoms with van der Waals surface area (Å²) < 4.78 is 41.1. The van der Waals surface area contributed by atoms with Crippen molar-refractivity contribution in [3.05, 3.63) is 71.5 Å². The van der Waals surface area contributed by atoms with Gasteiger partial charge < -0.3 is 5.73 Å². The summed E-state index contributed by atoms with van der Waals surface area (Å²) in [7, 11) is -4.11. The molecule has 0 atom stereocenters. The van der Waals surface area contributed by atoms with Gasteiger partial charge in [0.25, 0.3) is 10.0 Å². The molecule has 3 aromatic carbocycles. The lowest BCUT2D eigenvalue weighted by Gasteiger charge is -2.10. The van der Waals surface area contributed by atoms with Crippen molar-refractivity contribution in [3.8, 4) is 11.1 Å². The SMILES string of the molecule is Nc1n[nH]c2cc(-c3ccc(NS(=O)(=O)c4cc(Cl)ccc4F)cc3)ccc12. The van der Waals surface area contributed by atoms with Crippen LogP contribution in [0.15, 0.2) is 65.6 Å². The van der Waals surface area contributed by atoms with Crippen molar-refractivity contribution >= 4 is 44.0 Å². The molecule has 1 heterocycles. The van der Waals surface area contributed by atoms with Crippen LogP contribution < -0.4 is 10.5 Å². The van der Waals surface area contributed by atoms with Crippen molar-refractivity contribution in [1.29, 1.82) is 0 Å². The van der Waals surface area contributed by atoms with E-state index in [4.69, 9.17) is 17.3 Å². The molecule has 142 valence electrons. The average molecular weight is 417 g/mol. The highest BCUT2D eigenvalue weighted by atomic mass is 35.5. The molecule has 0 radical (unpaired) electrons. The van der Waals surface area contributed by atoms with E-state index in [2.05, 4.69) is 14.9 Å². The molecule has 0 aliphatic carbocycles. The summed E-state index contributed by atoms with van der Waals surface area (Å²) in [6, 6.07) is 15.7. The molecule has 1 aromatic heterocycles. The first kappa shape index (κ1) is 18.3. The minimum absolute atomic E-state index is 0.131. The van der Waals surface area contributed by atoms with E-state index in [9.17, 15) is 12.8 Å². The summed E-state index contributed by atoms with van der Waals surface area (Å²) in [5.41, 5.74) is 8.65. The number of nitrogen functional groups attached to an aromatic ring is 1. The number of aromatic amines is 1. The van der Waals surface area contributed by atoms with E-state index in [-0.39, 0.29) is 5.02 Å². The van der Waals surface area contributed by atoms with E-state index < -0.39 is 20.7 Å². The van der Waals surface area contributed by atoms with E-state index >= 15 is 0 Å². The van der Waals surface area contributed by atoms with Crippen molar-refractivity contribution < 1.29 is 12.8 Å². The van der Waals surface area contributed by atoms with Gasteiger partial charge in [-0.15, -0.1) is 0 Å². The van der Waals surface area contributed by atoms with E-state index in [1.165, 1.54) is 6.07 Å². The molecule has 28 heavy (non-hydrogen) atoms. The first-order valence-electron chi connectivity index (χ1n) is 8.15. The van der Waals surface area contributed by atoms with E-state index in [0.29, 0.717) is 11.5 Å². The second kappa shape index (κ2) is 6.81. The van der Waals surface area contributed by atoms with Gasteiger partial charge in [-0.1, -0.05) is 29.8 Å². The Morgan fingerprint density at radius 3 is 2.46 bits per heavy atom. The Hall–Kier alpha value is -3.10. The highest BCUT2D eigenvalue weighted by Crippen LogP contribution is 2.28. The van der Waals surface area contributed by atoms with Crippen molar-refractivity contribution in [2.24, 2.45) is 0 Å². The third-order valence-corrected chi connectivity index (χ3v) is 5.88. The zero-order valence-corrected chi connectivity index (χ0v) is 15.9. The summed E-state index contributed by atoms with van der Waals surface area (Å²) >= 11 is 5.78. The number of hydrogen-bond donors (Lipinski definition) is 3. The Morgan fingerprint density at radius 1 is 1.00 bits per heavy atom. The topological polar surface area (TPSA) is 101 Å². The minimum Gasteiger partial charge on any atom is -0.382 e. The predicted molar refractivity (Wildman–Crippen MR) is 108 cm³/mol. The van der Waals surface area contributed by atoms with E-state index in [1.54, 1.807) is 24.3 Å². The van der Waals surface area contributed by atoms with Crippen LogP contribution in [-0.4, -0.2) is 18.6 Å². The molecule has 6 nitrogen and oxygen atoms in total. The van der Waals surface area contributed by atoms with E-state index in [0.717, 1.165) is 34.2 Å². The fourth-order valence-electron chi connectivity index (χ4n) is 2.84. The lowest BCUT2D eigenvalue weighted by molar-refractivity contribution is 0.570. The van der Waals surface area contributed by atoms with Crippen LogP contribution in [0.3, 0.4) is 0 Å². The van der Waals surface area contributed by atoms with Crippen LogP contribution >= 0.6 is 11.6 Å². The van der Waals surface area contributed by atoms with Crippen LogP contribution in [0.4, 0.5) is 15.9 Å². The van der Waals surface area contributed by atoms with Gasteiger partial charge in [-0.2, -0.15) is 5.10 Å². The highest BCUT2D eigenvalue weighted by molar-refractivity contribution is 7.92. The van der Waals surface area contributed by atoms with Crippen molar-refractivity contribution in [2.45, 2.75) is 4.90 Å². The number of aromatic nitrogens is 2. The second-order valence-electron chi connectivity index (χ2n) is 6.13. The number of sulfonamides is 1. The number of nitrogens with one attached hydrogen (secondary N) is 2. The number of fused-ring (bicyclic) bond motifs is 1. The highest BCUT2D eigenvalue weighted by Gasteiger charge is 2.19. The lowest BCUT2D eigenvalue weighted by atomic mass is 10.0. The maximum absolute atomic E-state index is 13.9. The average Bonchev–Trinajstić information content (AvgIpc) is 3.04. The molecule has 0 unspecified atom stereocenters. The van der Waals surface area contributed by atoms with Gasteiger partial charge in [0.2, 0.25) is 0 Å². The van der Waals surface area contributed by atoms with Gasteiger partial charge in [0.05, 0.1) is 5.52 Å². The molecule has 0 bridgehead atoms. The smallest absolute Gasteiger partial charge is 0.264 e. The number of nitrogens with two attached hydrogens (primary N) is 1. The van der Waals surface area contributed by atoms with Crippen LogP contribution in [-0.2, 0) is 10.0 Å². The van der Waals surface area contributed by atoms with Crippen LogP contribution in [0.1, 0.15) is 0 Å². The molecular weight excluding hydrogens is 403 g/mol. The van der Waals surface area contributed by atoms with Crippen molar-refractivity contribution in [1.82, 2.24) is 10.2 Å². The molecule has 0 fully saturated rings. The number of hydrogen-bond acceptors (Lipinski definition) is 4. The van der Waals surface area contributed by atoms with Gasteiger partial charge in [0.1, 0.15) is 10.7 Å². The first-order chi connectivity index (χ1) is 13.3. The molecule has 4 rings (SSSR count). The zero-order valence-electron chi connectivity index (χ0n) is 14.3. The Morgan fingerprint density at radius 2 is 1.71 bits per heavy atom. The number of rotatable bonds is 4. The van der Waals surface area contributed by atoms with Gasteiger partial charge in [-0.3, -0.25) is 9.82 Å². The van der Waals surface area contributed by atoms with Gasteiger partial charge in [0, 0.05) is 16.1 Å². The first-order valence-corrected chi connectivity index (χ1v) is 10.0. The number of benzene rings is 3. The van der Waals surface area contributed by atoms with Gasteiger partial charge in [-0.05, 0) is 53.6 Å². The Balaban J connectivity index is 1.61. The number of anilines is 2. The maximum atomic E-state index is 13.9. The Bertz CT molecular complexity index is 1290. The van der Waals surface area contributed by atoms with E-state index in [1.807, 2.05) is 18.2 Å². The van der Waals surface area contributed by atoms with Gasteiger partial charge >= 0.3 is 0 Å². The molecule has 0 aliphatic rings. The van der Waals surface area contributed by atoms with Crippen LogP contribution in [0.2, 0.25) is 5.02 Å². The van der Waals surface area contributed by atoms with Crippen molar-refractivity contribution in [2.75, 3.05) is 10.5 Å². The second-order valence-corrected chi connectivity index (χ2v) is 8.21. The standard InChI is InChI=1S/C19H14ClFN4O2S/c20-13-4-8-16(21)18(10-13)28(26,27)25-14-5-1-11(2-6-14)12-3-7-15-17(9-12)23-24-19(15)22/h1-10,25H,(H3,22,23,24). The van der Waals surface area contributed by atoms with Gasteiger partial charge in [-0.25, -0.2) is 12.8 Å². The molecule has 9 heteroatoms. The quantitative estimate of drug-likeness (QED) is 0.458. The van der Waals surface area contributed by atoms with Crippen molar-refractivity contribution in [3.63, 3.8) is 0 Å². The zero-order chi connectivity index (χ0) is 19.9. The normalized spacial score (nSPS) is 11.6. The molecule has 0 aliphatic heterocycles. The van der Waals surface area contributed by atoms with Gasteiger partial charge in [0.15, 0.2) is 5.82 Å². The molecule has 4 aromatic rings. The molecule has 0 saturated heterocycles. The third kappa shape index (κ3) is 3.39. The predicted octanol–water partition coefficient (Wildman–Crippen LogP) is 4.41. The number of H-pyrrole nitrogens is 1. The fraction of sp³-hybridized carbons (Fsp3) is 0. The summed E-state index contributed by atoms with van der Waals surface area (Å²) in [5, 5.41) is 7.78. The molecular formula is C19H14ClFN4O2S. The maximum Gasteiger partial charge on any atom is 0.264 e. The summed E-state index contributed by atoms with van der Waals surface area (Å²) in [5.74, 6) is -0.444. The minimum atomic E-state index is -4.11. The summed E-state index contributed by atoms with van der Waals surface area (Å²) in [6.07, 6.45) is 0. The molecule has 0 spiro atoms. The van der Waals surface area contributed by atoms with Crippen LogP contribution in [0.25, 0.3) is 22.0 Å². The van der Waals surface area contributed by atoms with Crippen LogP contribution in [0, 0.1) is 5.82 Å². The largest absolute Gasteiger partial charge is 0.382 e. The molecule has 0 amide bonds. The number of halogens is 2.